The minimum absolute atomic E-state index is 0.0684. The number of hydrogen-bond acceptors (Lipinski definition) is 5. The third-order valence-corrected chi connectivity index (χ3v) is 4.02. The average molecular weight is 385 g/mol. The Bertz CT molecular complexity index is 1190. The SMILES string of the molecule is Cc1cncn(CCNC(=O)c2c[nH]c(=O)n(-c3ccc(F)cc3)c2=O)c1=O. The van der Waals surface area contributed by atoms with Crippen LogP contribution in [0.4, 0.5) is 4.39 Å². The molecule has 28 heavy (non-hydrogen) atoms. The number of aromatic amines is 1. The summed E-state index contributed by atoms with van der Waals surface area (Å²) in [6.45, 7) is 1.86. The first-order chi connectivity index (χ1) is 13.4. The molecule has 2 aromatic heterocycles. The van der Waals surface area contributed by atoms with Crippen molar-refractivity contribution in [3.63, 3.8) is 0 Å². The van der Waals surface area contributed by atoms with Crippen LogP contribution >= 0.6 is 0 Å². The molecule has 2 N–H and O–H groups in total. The fourth-order valence-corrected chi connectivity index (χ4v) is 2.56. The van der Waals surface area contributed by atoms with Crippen molar-refractivity contribution in [2.45, 2.75) is 13.5 Å². The van der Waals surface area contributed by atoms with Gasteiger partial charge in [-0.25, -0.2) is 18.7 Å². The molecule has 0 radical (unpaired) electrons. The van der Waals surface area contributed by atoms with E-state index >= 15 is 0 Å². The molecule has 0 saturated carbocycles. The molecule has 0 saturated heterocycles. The number of aryl methyl sites for hydroxylation is 1. The van der Waals surface area contributed by atoms with Crippen molar-refractivity contribution in [3.8, 4) is 5.69 Å². The van der Waals surface area contributed by atoms with Gasteiger partial charge in [-0.3, -0.25) is 19.0 Å². The molecule has 0 fully saturated rings. The molecule has 0 spiro atoms. The standard InChI is InChI=1S/C18H16FN5O4/c1-11-8-20-10-23(16(11)26)7-6-21-15(25)14-9-22-18(28)24(17(14)27)13-4-2-12(19)3-5-13/h2-5,8-10H,6-7H2,1H3,(H,21,25)(H,22,28). The van der Waals surface area contributed by atoms with E-state index in [2.05, 4.69) is 15.3 Å². The monoisotopic (exact) mass is 385 g/mol. The first kappa shape index (κ1) is 19.0. The maximum atomic E-state index is 13.1. The predicted molar refractivity (Wildman–Crippen MR) is 98.2 cm³/mol. The van der Waals surface area contributed by atoms with Gasteiger partial charge in [-0.2, -0.15) is 0 Å². The van der Waals surface area contributed by atoms with E-state index in [1.807, 2.05) is 0 Å². The van der Waals surface area contributed by atoms with Crippen LogP contribution in [-0.4, -0.2) is 31.6 Å². The smallest absolute Gasteiger partial charge is 0.333 e. The van der Waals surface area contributed by atoms with E-state index in [-0.39, 0.29) is 29.9 Å². The van der Waals surface area contributed by atoms with Crippen molar-refractivity contribution in [1.82, 2.24) is 24.4 Å². The van der Waals surface area contributed by atoms with Crippen LogP contribution in [0.15, 0.2) is 57.4 Å². The van der Waals surface area contributed by atoms with Crippen molar-refractivity contribution in [3.05, 3.63) is 91.1 Å². The highest BCUT2D eigenvalue weighted by Crippen LogP contribution is 2.04. The van der Waals surface area contributed by atoms with E-state index in [1.54, 1.807) is 6.92 Å². The second-order valence-electron chi connectivity index (χ2n) is 5.96. The minimum atomic E-state index is -0.845. The lowest BCUT2D eigenvalue weighted by molar-refractivity contribution is 0.0949. The van der Waals surface area contributed by atoms with E-state index in [9.17, 15) is 23.6 Å². The normalized spacial score (nSPS) is 10.6. The van der Waals surface area contributed by atoms with E-state index in [0.29, 0.717) is 5.56 Å². The Morgan fingerprint density at radius 1 is 1.18 bits per heavy atom. The molecule has 144 valence electrons. The molecule has 1 amide bonds. The number of aromatic nitrogens is 4. The first-order valence-corrected chi connectivity index (χ1v) is 8.28. The van der Waals surface area contributed by atoms with Crippen LogP contribution in [0.1, 0.15) is 15.9 Å². The summed E-state index contributed by atoms with van der Waals surface area (Å²) >= 11 is 0. The summed E-state index contributed by atoms with van der Waals surface area (Å²) in [5.74, 6) is -1.24. The molecule has 3 rings (SSSR count). The summed E-state index contributed by atoms with van der Waals surface area (Å²) in [7, 11) is 0. The van der Waals surface area contributed by atoms with E-state index in [4.69, 9.17) is 0 Å². The lowest BCUT2D eigenvalue weighted by Crippen LogP contribution is -2.40. The van der Waals surface area contributed by atoms with Gasteiger partial charge in [-0.1, -0.05) is 0 Å². The summed E-state index contributed by atoms with van der Waals surface area (Å²) in [5.41, 5.74) is -1.53. The van der Waals surface area contributed by atoms with Crippen LogP contribution < -0.4 is 22.1 Å². The summed E-state index contributed by atoms with van der Waals surface area (Å²) in [4.78, 5) is 55.1. The zero-order chi connectivity index (χ0) is 20.3. The van der Waals surface area contributed by atoms with Gasteiger partial charge in [0.05, 0.1) is 12.0 Å². The summed E-state index contributed by atoms with van der Waals surface area (Å²) in [6, 6.07) is 4.71. The number of amides is 1. The topological polar surface area (TPSA) is 119 Å². The molecule has 2 heterocycles. The van der Waals surface area contributed by atoms with Gasteiger partial charge in [0.25, 0.3) is 17.0 Å². The largest absolute Gasteiger partial charge is 0.350 e. The number of nitrogens with zero attached hydrogens (tertiary/aromatic N) is 3. The van der Waals surface area contributed by atoms with Crippen molar-refractivity contribution >= 4 is 5.91 Å². The number of rotatable bonds is 5. The number of hydrogen-bond donors (Lipinski definition) is 2. The van der Waals surface area contributed by atoms with Crippen LogP contribution in [0.25, 0.3) is 5.69 Å². The highest BCUT2D eigenvalue weighted by molar-refractivity contribution is 5.93. The molecule has 10 heteroatoms. The van der Waals surface area contributed by atoms with Gasteiger partial charge >= 0.3 is 5.69 Å². The summed E-state index contributed by atoms with van der Waals surface area (Å²) in [6.07, 6.45) is 3.80. The minimum Gasteiger partial charge on any atom is -0.350 e. The van der Waals surface area contributed by atoms with E-state index in [0.717, 1.165) is 22.9 Å². The van der Waals surface area contributed by atoms with Gasteiger partial charge in [-0.05, 0) is 31.2 Å². The zero-order valence-corrected chi connectivity index (χ0v) is 14.8. The molecular formula is C18H16FN5O4. The van der Waals surface area contributed by atoms with Gasteiger partial charge in [0.1, 0.15) is 11.4 Å². The number of nitrogens with one attached hydrogen (secondary N) is 2. The summed E-state index contributed by atoms with van der Waals surface area (Å²) < 4.78 is 15.1. The molecule has 0 atom stereocenters. The van der Waals surface area contributed by atoms with Gasteiger partial charge in [-0.15, -0.1) is 0 Å². The number of carbonyl (C=O) groups excluding carboxylic acids is 1. The zero-order valence-electron chi connectivity index (χ0n) is 14.8. The molecule has 3 aromatic rings. The highest BCUT2D eigenvalue weighted by Gasteiger charge is 2.15. The maximum absolute atomic E-state index is 13.1. The summed E-state index contributed by atoms with van der Waals surface area (Å²) in [5, 5.41) is 2.52. The van der Waals surface area contributed by atoms with Gasteiger partial charge in [0.15, 0.2) is 0 Å². The molecule has 0 aliphatic heterocycles. The molecule has 0 bridgehead atoms. The lowest BCUT2D eigenvalue weighted by Gasteiger charge is -2.09. The number of carbonyl (C=O) groups is 1. The van der Waals surface area contributed by atoms with Crippen molar-refractivity contribution < 1.29 is 9.18 Å². The molecule has 1 aromatic carbocycles. The van der Waals surface area contributed by atoms with Crippen LogP contribution in [0, 0.1) is 12.7 Å². The fraction of sp³-hybridized carbons (Fsp3) is 0.167. The Morgan fingerprint density at radius 2 is 1.89 bits per heavy atom. The second kappa shape index (κ2) is 7.82. The third-order valence-electron chi connectivity index (χ3n) is 4.02. The quantitative estimate of drug-likeness (QED) is 0.639. The number of benzene rings is 1. The van der Waals surface area contributed by atoms with Crippen LogP contribution in [-0.2, 0) is 6.54 Å². The Morgan fingerprint density at radius 3 is 2.61 bits per heavy atom. The lowest BCUT2D eigenvalue weighted by atomic mass is 10.2. The van der Waals surface area contributed by atoms with E-state index in [1.165, 1.54) is 29.2 Å². The molecule has 0 unspecified atom stereocenters. The Balaban J connectivity index is 1.81. The van der Waals surface area contributed by atoms with Gasteiger partial charge in [0.2, 0.25) is 0 Å². The average Bonchev–Trinajstić information content (AvgIpc) is 2.66. The Hall–Kier alpha value is -3.82. The van der Waals surface area contributed by atoms with Gasteiger partial charge in [0, 0.05) is 31.0 Å². The highest BCUT2D eigenvalue weighted by atomic mass is 19.1. The third kappa shape index (κ3) is 3.80. The molecule has 0 aliphatic carbocycles. The maximum Gasteiger partial charge on any atom is 0.333 e. The molecule has 0 aliphatic rings. The predicted octanol–water partition coefficient (Wildman–Crippen LogP) is -0.0400. The molecule has 9 nitrogen and oxygen atoms in total. The first-order valence-electron chi connectivity index (χ1n) is 8.28. The van der Waals surface area contributed by atoms with Crippen molar-refractivity contribution in [2.24, 2.45) is 0 Å². The van der Waals surface area contributed by atoms with Crippen LogP contribution in [0.3, 0.4) is 0 Å². The van der Waals surface area contributed by atoms with Crippen molar-refractivity contribution in [2.75, 3.05) is 6.54 Å². The van der Waals surface area contributed by atoms with E-state index < -0.39 is 23.0 Å². The van der Waals surface area contributed by atoms with Crippen LogP contribution in [0.2, 0.25) is 0 Å². The van der Waals surface area contributed by atoms with Gasteiger partial charge < -0.3 is 10.3 Å². The second-order valence-corrected chi connectivity index (χ2v) is 5.96. The van der Waals surface area contributed by atoms with Crippen LogP contribution in [0.5, 0.6) is 0 Å². The fourth-order valence-electron chi connectivity index (χ4n) is 2.56. The van der Waals surface area contributed by atoms with Crippen molar-refractivity contribution in [1.29, 1.82) is 0 Å². The number of halogens is 1. The Labute approximate surface area is 157 Å². The molecular weight excluding hydrogens is 369 g/mol. The number of H-pyrrole nitrogens is 1. The Kier molecular flexibility index (Phi) is 5.30.